The Hall–Kier alpha value is -4.04. The predicted molar refractivity (Wildman–Crippen MR) is 111 cm³/mol. The van der Waals surface area contributed by atoms with Crippen LogP contribution >= 0.6 is 0 Å². The van der Waals surface area contributed by atoms with Gasteiger partial charge >= 0.3 is 12.1 Å². The summed E-state index contributed by atoms with van der Waals surface area (Å²) in [6, 6.07) is 13.9. The number of carbonyl (C=O) groups excluding carboxylic acids is 1. The van der Waals surface area contributed by atoms with Crippen molar-refractivity contribution in [2.45, 2.75) is 26.6 Å². The van der Waals surface area contributed by atoms with Crippen molar-refractivity contribution in [2.75, 3.05) is 7.11 Å². The van der Waals surface area contributed by atoms with E-state index in [2.05, 4.69) is 0 Å². The normalized spacial score (nSPS) is 11.0. The van der Waals surface area contributed by atoms with E-state index < -0.39 is 23.3 Å². The van der Waals surface area contributed by atoms with E-state index in [0.29, 0.717) is 29.1 Å². The van der Waals surface area contributed by atoms with E-state index in [4.69, 9.17) is 15.3 Å². The lowest BCUT2D eigenvalue weighted by molar-refractivity contribution is -0.137. The van der Waals surface area contributed by atoms with Crippen molar-refractivity contribution in [1.82, 2.24) is 4.57 Å². The first-order chi connectivity index (χ1) is 15.1. The third-order valence-electron chi connectivity index (χ3n) is 5.33. The summed E-state index contributed by atoms with van der Waals surface area (Å²) in [5, 5.41) is 18.1. The number of methoxy groups -OCH3 is 1. The molecule has 0 aliphatic rings. The first kappa shape index (κ1) is 22.6. The van der Waals surface area contributed by atoms with Gasteiger partial charge in [0.15, 0.2) is 0 Å². The van der Waals surface area contributed by atoms with Crippen LogP contribution in [0, 0.1) is 36.5 Å². The Morgan fingerprint density at radius 2 is 1.69 bits per heavy atom. The van der Waals surface area contributed by atoms with Crippen LogP contribution in [0.4, 0.5) is 13.2 Å². The van der Waals surface area contributed by atoms with Gasteiger partial charge in [0.1, 0.15) is 0 Å². The van der Waals surface area contributed by atoms with Gasteiger partial charge in [0.05, 0.1) is 41.5 Å². The first-order valence-corrected chi connectivity index (χ1v) is 9.51. The minimum atomic E-state index is -4.72. The van der Waals surface area contributed by atoms with E-state index in [1.165, 1.54) is 13.2 Å². The van der Waals surface area contributed by atoms with Crippen LogP contribution in [0.1, 0.15) is 44.0 Å². The number of hydrogen-bond acceptors (Lipinski definition) is 4. The highest BCUT2D eigenvalue weighted by molar-refractivity contribution is 6.00. The third kappa shape index (κ3) is 4.08. The van der Waals surface area contributed by atoms with Gasteiger partial charge in [-0.25, -0.2) is 4.79 Å². The SMILES string of the molecule is COC(=O)c1c(-c2ccc(C#N)c(C(F)(F)F)c2)c(C)n(Cc2ccc(C#N)cc2)c1C. The number of nitriles is 2. The van der Waals surface area contributed by atoms with Gasteiger partial charge in [-0.2, -0.15) is 23.7 Å². The minimum Gasteiger partial charge on any atom is -0.465 e. The molecule has 0 amide bonds. The molecule has 2 aromatic carbocycles. The fourth-order valence-corrected chi connectivity index (χ4v) is 3.72. The van der Waals surface area contributed by atoms with Crippen molar-refractivity contribution in [1.29, 1.82) is 10.5 Å². The molecule has 0 unspecified atom stereocenters. The highest BCUT2D eigenvalue weighted by atomic mass is 19.4. The smallest absolute Gasteiger partial charge is 0.417 e. The largest absolute Gasteiger partial charge is 0.465 e. The summed E-state index contributed by atoms with van der Waals surface area (Å²) in [6.07, 6.45) is -4.72. The molecule has 3 rings (SSSR count). The Morgan fingerprint density at radius 1 is 1.03 bits per heavy atom. The second kappa shape index (κ2) is 8.60. The maximum atomic E-state index is 13.5. The average Bonchev–Trinajstić information content (AvgIpc) is 3.02. The second-order valence-electron chi connectivity index (χ2n) is 7.18. The van der Waals surface area contributed by atoms with E-state index in [-0.39, 0.29) is 11.1 Å². The van der Waals surface area contributed by atoms with Crippen LogP contribution < -0.4 is 0 Å². The molecule has 0 spiro atoms. The molecule has 0 N–H and O–H groups in total. The molecule has 32 heavy (non-hydrogen) atoms. The number of nitrogens with zero attached hydrogens (tertiary/aromatic N) is 3. The molecule has 1 heterocycles. The summed E-state index contributed by atoms with van der Waals surface area (Å²) in [5.41, 5.74) is 1.55. The Kier molecular flexibility index (Phi) is 6.09. The number of benzene rings is 2. The van der Waals surface area contributed by atoms with Crippen molar-refractivity contribution in [3.8, 4) is 23.3 Å². The Morgan fingerprint density at radius 3 is 2.22 bits per heavy atom. The number of ether oxygens (including phenoxy) is 1. The Bertz CT molecular complexity index is 1270. The topological polar surface area (TPSA) is 78.8 Å². The summed E-state index contributed by atoms with van der Waals surface area (Å²) >= 11 is 0. The summed E-state index contributed by atoms with van der Waals surface area (Å²) in [5.74, 6) is -0.669. The standard InChI is InChI=1S/C24H18F3N3O2/c1-14-21(18-8-9-19(12-29)20(10-18)24(25,26)27)22(23(31)32-3)15(2)30(14)13-17-6-4-16(11-28)5-7-17/h4-10H,13H2,1-3H3. The van der Waals surface area contributed by atoms with Crippen LogP contribution in [0.3, 0.4) is 0 Å². The molecular weight excluding hydrogens is 419 g/mol. The number of carbonyl (C=O) groups is 1. The quantitative estimate of drug-likeness (QED) is 0.514. The molecule has 0 bridgehead atoms. The molecule has 5 nitrogen and oxygen atoms in total. The van der Waals surface area contributed by atoms with Crippen molar-refractivity contribution >= 4 is 5.97 Å². The first-order valence-electron chi connectivity index (χ1n) is 9.51. The number of aromatic nitrogens is 1. The van der Waals surface area contributed by atoms with Crippen LogP contribution in [0.2, 0.25) is 0 Å². The lowest BCUT2D eigenvalue weighted by Gasteiger charge is -2.12. The lowest BCUT2D eigenvalue weighted by atomic mass is 9.96. The summed E-state index contributed by atoms with van der Waals surface area (Å²) < 4.78 is 47.3. The van der Waals surface area contributed by atoms with Crippen LogP contribution in [-0.2, 0) is 17.5 Å². The number of rotatable bonds is 4. The summed E-state index contributed by atoms with van der Waals surface area (Å²) in [6.45, 7) is 3.75. The fourth-order valence-electron chi connectivity index (χ4n) is 3.72. The van der Waals surface area contributed by atoms with Gasteiger partial charge in [0, 0.05) is 23.5 Å². The van der Waals surface area contributed by atoms with E-state index in [9.17, 15) is 18.0 Å². The third-order valence-corrected chi connectivity index (χ3v) is 5.33. The zero-order valence-corrected chi connectivity index (χ0v) is 17.5. The molecule has 0 aliphatic heterocycles. The van der Waals surface area contributed by atoms with E-state index >= 15 is 0 Å². The number of alkyl halides is 3. The molecule has 0 saturated carbocycles. The number of hydrogen-bond donors (Lipinski definition) is 0. The maximum Gasteiger partial charge on any atom is 0.417 e. The van der Waals surface area contributed by atoms with Gasteiger partial charge in [-0.15, -0.1) is 0 Å². The fraction of sp³-hybridized carbons (Fsp3) is 0.208. The van der Waals surface area contributed by atoms with Gasteiger partial charge in [-0.3, -0.25) is 0 Å². The van der Waals surface area contributed by atoms with E-state index in [1.54, 1.807) is 44.2 Å². The summed E-state index contributed by atoms with van der Waals surface area (Å²) in [7, 11) is 1.21. The van der Waals surface area contributed by atoms with Gasteiger partial charge in [-0.05, 0) is 49.2 Å². The molecule has 3 aromatic rings. The van der Waals surface area contributed by atoms with E-state index in [0.717, 1.165) is 17.7 Å². The molecule has 162 valence electrons. The van der Waals surface area contributed by atoms with Gasteiger partial charge in [0.25, 0.3) is 0 Å². The van der Waals surface area contributed by atoms with Crippen molar-refractivity contribution in [2.24, 2.45) is 0 Å². The highest BCUT2D eigenvalue weighted by Gasteiger charge is 2.35. The van der Waals surface area contributed by atoms with E-state index in [1.807, 2.05) is 10.6 Å². The van der Waals surface area contributed by atoms with Crippen LogP contribution in [-0.4, -0.2) is 17.6 Å². The number of halogens is 3. The van der Waals surface area contributed by atoms with Gasteiger partial charge in [0.2, 0.25) is 0 Å². The summed E-state index contributed by atoms with van der Waals surface area (Å²) in [4.78, 5) is 12.6. The molecule has 1 aromatic heterocycles. The molecule has 0 saturated heterocycles. The highest BCUT2D eigenvalue weighted by Crippen LogP contribution is 2.38. The van der Waals surface area contributed by atoms with Crippen molar-refractivity contribution < 1.29 is 22.7 Å². The molecule has 8 heteroatoms. The monoisotopic (exact) mass is 437 g/mol. The zero-order chi connectivity index (χ0) is 23.6. The van der Waals surface area contributed by atoms with Crippen molar-refractivity contribution in [3.05, 3.63) is 81.7 Å². The molecule has 0 radical (unpaired) electrons. The van der Waals surface area contributed by atoms with Crippen molar-refractivity contribution in [3.63, 3.8) is 0 Å². The predicted octanol–water partition coefficient (Wildman–Crippen LogP) is 5.37. The molecule has 0 fully saturated rings. The molecular formula is C24H18F3N3O2. The zero-order valence-electron chi connectivity index (χ0n) is 17.5. The Balaban J connectivity index is 2.22. The molecule has 0 aliphatic carbocycles. The number of esters is 1. The molecule has 0 atom stereocenters. The average molecular weight is 437 g/mol. The second-order valence-corrected chi connectivity index (χ2v) is 7.18. The van der Waals surface area contributed by atoms with Crippen LogP contribution in [0.25, 0.3) is 11.1 Å². The Labute approximate surface area is 182 Å². The van der Waals surface area contributed by atoms with Gasteiger partial charge in [-0.1, -0.05) is 18.2 Å². The maximum absolute atomic E-state index is 13.5. The van der Waals surface area contributed by atoms with Crippen LogP contribution in [0.5, 0.6) is 0 Å². The lowest BCUT2D eigenvalue weighted by Crippen LogP contribution is -2.09. The minimum absolute atomic E-state index is 0.163. The van der Waals surface area contributed by atoms with Gasteiger partial charge < -0.3 is 9.30 Å². The van der Waals surface area contributed by atoms with Crippen LogP contribution in [0.15, 0.2) is 42.5 Å².